The first-order valence-corrected chi connectivity index (χ1v) is 11.0. The highest BCUT2D eigenvalue weighted by atomic mass is 16.5. The zero-order valence-corrected chi connectivity index (χ0v) is 18.8. The van der Waals surface area contributed by atoms with E-state index in [2.05, 4.69) is 36.0 Å². The van der Waals surface area contributed by atoms with E-state index in [0.717, 1.165) is 45.7 Å². The number of anilines is 1. The third kappa shape index (κ3) is 3.01. The highest BCUT2D eigenvalue weighted by Gasteiger charge is 2.42. The van der Waals surface area contributed by atoms with E-state index in [9.17, 15) is 9.59 Å². The van der Waals surface area contributed by atoms with Gasteiger partial charge in [0.25, 0.3) is 5.91 Å². The van der Waals surface area contributed by atoms with Gasteiger partial charge >= 0.3 is 0 Å². The Balaban J connectivity index is 1.82. The molecule has 2 amide bonds. The molecule has 0 aliphatic carbocycles. The topological polar surface area (TPSA) is 63.6 Å². The van der Waals surface area contributed by atoms with Crippen LogP contribution in [-0.4, -0.2) is 34.9 Å². The van der Waals surface area contributed by atoms with Crippen molar-refractivity contribution in [3.8, 4) is 5.75 Å². The zero-order valence-electron chi connectivity index (χ0n) is 18.8. The molecule has 2 aliphatic rings. The van der Waals surface area contributed by atoms with Crippen LogP contribution < -0.4 is 10.1 Å². The van der Waals surface area contributed by atoms with Crippen LogP contribution in [0.4, 0.5) is 5.69 Å². The molecule has 5 rings (SSSR count). The lowest BCUT2D eigenvalue weighted by molar-refractivity contribution is -0.139. The van der Waals surface area contributed by atoms with E-state index >= 15 is 0 Å². The molecule has 0 bridgehead atoms. The smallest absolute Gasteiger partial charge is 0.259 e. The number of nitrogens with zero attached hydrogens (tertiary/aromatic N) is 2. The number of imide groups is 1. The van der Waals surface area contributed by atoms with Crippen LogP contribution in [0.15, 0.2) is 59.9 Å². The summed E-state index contributed by atoms with van der Waals surface area (Å²) in [4.78, 5) is 27.1. The number of nitrogens with one attached hydrogen (secondary N) is 1. The maximum Gasteiger partial charge on any atom is 0.259 e. The summed E-state index contributed by atoms with van der Waals surface area (Å²) in [6.45, 7) is 6.96. The molecule has 2 aromatic carbocycles. The van der Waals surface area contributed by atoms with E-state index < -0.39 is 0 Å². The molecule has 0 saturated heterocycles. The summed E-state index contributed by atoms with van der Waals surface area (Å²) in [6.07, 6.45) is 2.17. The summed E-state index contributed by atoms with van der Waals surface area (Å²) in [6, 6.07) is 14.0. The molecule has 3 aromatic rings. The fourth-order valence-electron chi connectivity index (χ4n) is 5.05. The average Bonchev–Trinajstić information content (AvgIpc) is 3.23. The maximum atomic E-state index is 13.5. The third-order valence-electron chi connectivity index (χ3n) is 6.33. The van der Waals surface area contributed by atoms with Gasteiger partial charge in [-0.3, -0.25) is 14.5 Å². The van der Waals surface area contributed by atoms with Crippen LogP contribution in [0.5, 0.6) is 5.75 Å². The minimum absolute atomic E-state index is 0.242. The number of ether oxygens (including phenoxy) is 1. The second kappa shape index (κ2) is 7.55. The van der Waals surface area contributed by atoms with Gasteiger partial charge in [0.2, 0.25) is 5.91 Å². The van der Waals surface area contributed by atoms with Crippen LogP contribution >= 0.6 is 0 Å². The monoisotopic (exact) mass is 429 g/mol. The lowest BCUT2D eigenvalue weighted by Crippen LogP contribution is -2.33. The van der Waals surface area contributed by atoms with Crippen molar-refractivity contribution in [1.29, 1.82) is 0 Å². The van der Waals surface area contributed by atoms with E-state index in [4.69, 9.17) is 4.74 Å². The molecule has 0 saturated carbocycles. The fraction of sp³-hybridized carbons (Fsp3) is 0.308. The van der Waals surface area contributed by atoms with Crippen molar-refractivity contribution in [3.63, 3.8) is 0 Å². The van der Waals surface area contributed by atoms with Crippen LogP contribution in [0.3, 0.4) is 0 Å². The van der Waals surface area contributed by atoms with Gasteiger partial charge in [0.1, 0.15) is 5.75 Å². The number of para-hydroxylation sites is 1. The SMILES string of the molecule is COc1ccccc1[C@@H]1C2=C(CN(C(C)=O)C2=O)Nc2cccc3c2c1cn3CC(C)C. The van der Waals surface area contributed by atoms with Gasteiger partial charge in [-0.1, -0.05) is 38.1 Å². The number of carbonyl (C=O) groups is 2. The van der Waals surface area contributed by atoms with Crippen molar-refractivity contribution in [2.24, 2.45) is 5.92 Å². The van der Waals surface area contributed by atoms with Gasteiger partial charge in [0, 0.05) is 47.9 Å². The summed E-state index contributed by atoms with van der Waals surface area (Å²) >= 11 is 0. The molecule has 3 heterocycles. The Morgan fingerprint density at radius 3 is 2.66 bits per heavy atom. The van der Waals surface area contributed by atoms with Crippen molar-refractivity contribution in [2.45, 2.75) is 33.2 Å². The molecular formula is C26H27N3O3. The summed E-state index contributed by atoms with van der Waals surface area (Å²) < 4.78 is 7.99. The predicted molar refractivity (Wildman–Crippen MR) is 125 cm³/mol. The third-order valence-corrected chi connectivity index (χ3v) is 6.33. The van der Waals surface area contributed by atoms with Crippen LogP contribution in [0.25, 0.3) is 10.9 Å². The Bertz CT molecular complexity index is 1280. The molecular weight excluding hydrogens is 402 g/mol. The van der Waals surface area contributed by atoms with Crippen LogP contribution in [0.1, 0.15) is 37.8 Å². The number of methoxy groups -OCH3 is 1. The number of hydrogen-bond acceptors (Lipinski definition) is 4. The van der Waals surface area contributed by atoms with E-state index in [1.807, 2.05) is 36.4 Å². The molecule has 1 atom stereocenters. The Labute approximate surface area is 187 Å². The van der Waals surface area contributed by atoms with Gasteiger partial charge in [0.15, 0.2) is 0 Å². The second-order valence-corrected chi connectivity index (χ2v) is 8.93. The lowest BCUT2D eigenvalue weighted by atomic mass is 9.84. The molecule has 164 valence electrons. The predicted octanol–water partition coefficient (Wildman–Crippen LogP) is 4.51. The maximum absolute atomic E-state index is 13.5. The number of benzene rings is 2. The van der Waals surface area contributed by atoms with E-state index in [-0.39, 0.29) is 24.3 Å². The normalized spacial score (nSPS) is 17.6. The molecule has 1 N–H and O–H groups in total. The highest BCUT2D eigenvalue weighted by Crippen LogP contribution is 2.48. The number of carbonyl (C=O) groups excluding carboxylic acids is 2. The average molecular weight is 430 g/mol. The Kier molecular flexibility index (Phi) is 4.81. The number of rotatable bonds is 4. The Morgan fingerprint density at radius 1 is 1.16 bits per heavy atom. The zero-order chi connectivity index (χ0) is 22.6. The lowest BCUT2D eigenvalue weighted by Gasteiger charge is -2.21. The first kappa shape index (κ1) is 20.4. The van der Waals surface area contributed by atoms with Crippen molar-refractivity contribution in [1.82, 2.24) is 9.47 Å². The quantitative estimate of drug-likeness (QED) is 0.663. The van der Waals surface area contributed by atoms with Gasteiger partial charge < -0.3 is 14.6 Å². The van der Waals surface area contributed by atoms with Gasteiger partial charge in [-0.25, -0.2) is 0 Å². The molecule has 6 nitrogen and oxygen atoms in total. The van der Waals surface area contributed by atoms with Crippen molar-refractivity contribution < 1.29 is 14.3 Å². The number of amides is 2. The van der Waals surface area contributed by atoms with E-state index in [1.54, 1.807) is 7.11 Å². The van der Waals surface area contributed by atoms with Crippen LogP contribution in [0.2, 0.25) is 0 Å². The Morgan fingerprint density at radius 2 is 1.94 bits per heavy atom. The summed E-state index contributed by atoms with van der Waals surface area (Å²) in [7, 11) is 1.65. The largest absolute Gasteiger partial charge is 0.496 e. The van der Waals surface area contributed by atoms with Crippen molar-refractivity contribution in [2.75, 3.05) is 19.0 Å². The number of aromatic nitrogens is 1. The molecule has 0 fully saturated rings. The van der Waals surface area contributed by atoms with E-state index in [0.29, 0.717) is 11.5 Å². The summed E-state index contributed by atoms with van der Waals surface area (Å²) in [5.74, 6) is 0.361. The minimum Gasteiger partial charge on any atom is -0.496 e. The molecule has 32 heavy (non-hydrogen) atoms. The van der Waals surface area contributed by atoms with Crippen molar-refractivity contribution >= 4 is 28.4 Å². The number of hydrogen-bond donors (Lipinski definition) is 1. The highest BCUT2D eigenvalue weighted by molar-refractivity contribution is 6.11. The molecule has 0 spiro atoms. The standard InChI is InChI=1S/C26H27N3O3/c1-15(2)12-28-13-18-23(17-8-5-6-11-22(17)32-4)25-20(14-29(16(3)30)26(25)31)27-19-9-7-10-21(28)24(18)19/h5-11,13,15,23,27H,12,14H2,1-4H3/t23-/m0/s1. The van der Waals surface area contributed by atoms with Gasteiger partial charge in [-0.15, -0.1) is 0 Å². The van der Waals surface area contributed by atoms with Gasteiger partial charge in [-0.05, 0) is 29.7 Å². The van der Waals surface area contributed by atoms with Crippen molar-refractivity contribution in [3.05, 3.63) is 71.1 Å². The molecule has 1 aromatic heterocycles. The van der Waals surface area contributed by atoms with Gasteiger partial charge in [0.05, 0.1) is 24.7 Å². The van der Waals surface area contributed by atoms with Gasteiger partial charge in [-0.2, -0.15) is 0 Å². The molecule has 6 heteroatoms. The van der Waals surface area contributed by atoms with E-state index in [1.165, 1.54) is 11.8 Å². The summed E-state index contributed by atoms with van der Waals surface area (Å²) in [5.41, 5.74) is 5.46. The fourth-order valence-corrected chi connectivity index (χ4v) is 5.05. The van der Waals surface area contributed by atoms with Crippen LogP contribution in [0, 0.1) is 5.92 Å². The first-order chi connectivity index (χ1) is 15.4. The molecule has 2 aliphatic heterocycles. The summed E-state index contributed by atoms with van der Waals surface area (Å²) in [5, 5.41) is 4.63. The van der Waals surface area contributed by atoms with Crippen LogP contribution in [-0.2, 0) is 16.1 Å². The first-order valence-electron chi connectivity index (χ1n) is 11.0. The minimum atomic E-state index is -0.343. The molecule has 0 radical (unpaired) electrons. The Hall–Kier alpha value is -3.54. The second-order valence-electron chi connectivity index (χ2n) is 8.93. The molecule has 0 unspecified atom stereocenters.